The van der Waals surface area contributed by atoms with E-state index in [9.17, 15) is 13.2 Å². The number of anilines is 1. The molecule has 0 unspecified atom stereocenters. The Kier molecular flexibility index (Phi) is 6.93. The lowest BCUT2D eigenvalue weighted by Gasteiger charge is -2.26. The van der Waals surface area contributed by atoms with E-state index in [4.69, 9.17) is 4.74 Å². The van der Waals surface area contributed by atoms with Crippen LogP contribution < -0.4 is 5.32 Å². The van der Waals surface area contributed by atoms with Crippen LogP contribution in [-0.4, -0.2) is 50.7 Å². The molecule has 1 saturated heterocycles. The third kappa shape index (κ3) is 5.55. The van der Waals surface area contributed by atoms with Crippen molar-refractivity contribution in [3.8, 4) is 0 Å². The SMILES string of the molecule is O=C(CSc1ccc(Br)cc1)Nc1ccc(S(=O)(=O)N2CCOCC2)cc1. The van der Waals surface area contributed by atoms with Crippen molar-refractivity contribution < 1.29 is 17.9 Å². The number of carbonyl (C=O) groups excluding carboxylic acids is 1. The molecule has 1 aliphatic rings. The second kappa shape index (κ2) is 9.20. The number of benzene rings is 2. The van der Waals surface area contributed by atoms with Crippen LogP contribution in [0.4, 0.5) is 5.69 Å². The first-order chi connectivity index (χ1) is 12.9. The Morgan fingerprint density at radius 3 is 2.33 bits per heavy atom. The number of hydrogen-bond donors (Lipinski definition) is 1. The summed E-state index contributed by atoms with van der Waals surface area (Å²) in [5.41, 5.74) is 0.567. The highest BCUT2D eigenvalue weighted by molar-refractivity contribution is 9.10. The molecule has 0 radical (unpaired) electrons. The summed E-state index contributed by atoms with van der Waals surface area (Å²) in [4.78, 5) is 13.3. The molecule has 6 nitrogen and oxygen atoms in total. The fourth-order valence-electron chi connectivity index (χ4n) is 2.52. The molecule has 2 aromatic carbocycles. The van der Waals surface area contributed by atoms with E-state index in [1.165, 1.54) is 28.2 Å². The molecule has 1 N–H and O–H groups in total. The van der Waals surface area contributed by atoms with Crippen LogP contribution in [0.25, 0.3) is 0 Å². The smallest absolute Gasteiger partial charge is 0.243 e. The van der Waals surface area contributed by atoms with Gasteiger partial charge in [0.25, 0.3) is 0 Å². The van der Waals surface area contributed by atoms with Crippen LogP contribution in [0.15, 0.2) is 62.8 Å². The van der Waals surface area contributed by atoms with E-state index in [0.29, 0.717) is 32.0 Å². The van der Waals surface area contributed by atoms with Crippen LogP contribution in [0.2, 0.25) is 0 Å². The zero-order chi connectivity index (χ0) is 19.3. The predicted octanol–water partition coefficient (Wildman–Crippen LogP) is 3.20. The van der Waals surface area contributed by atoms with Crippen LogP contribution in [0, 0.1) is 0 Å². The normalized spacial score (nSPS) is 15.4. The minimum atomic E-state index is -3.52. The highest BCUT2D eigenvalue weighted by Gasteiger charge is 2.26. The zero-order valence-corrected chi connectivity index (χ0v) is 17.6. The molecule has 0 saturated carbocycles. The Hall–Kier alpha value is -1.39. The van der Waals surface area contributed by atoms with E-state index in [2.05, 4.69) is 21.2 Å². The van der Waals surface area contributed by atoms with E-state index in [1.54, 1.807) is 12.1 Å². The maximum Gasteiger partial charge on any atom is 0.243 e. The van der Waals surface area contributed by atoms with Crippen molar-refractivity contribution >= 4 is 49.3 Å². The lowest BCUT2D eigenvalue weighted by molar-refractivity contribution is -0.113. The summed E-state index contributed by atoms with van der Waals surface area (Å²) in [7, 11) is -3.52. The van der Waals surface area contributed by atoms with E-state index >= 15 is 0 Å². The summed E-state index contributed by atoms with van der Waals surface area (Å²) in [5, 5.41) is 2.78. The molecule has 1 heterocycles. The molecule has 0 aromatic heterocycles. The molecule has 0 atom stereocenters. The van der Waals surface area contributed by atoms with Gasteiger partial charge in [0, 0.05) is 28.1 Å². The molecular formula is C18H19BrN2O4S2. The van der Waals surface area contributed by atoms with Gasteiger partial charge in [-0.25, -0.2) is 8.42 Å². The van der Waals surface area contributed by atoms with Gasteiger partial charge in [-0.2, -0.15) is 4.31 Å². The molecule has 2 aromatic rings. The number of nitrogens with zero attached hydrogens (tertiary/aromatic N) is 1. The summed E-state index contributed by atoms with van der Waals surface area (Å²) in [6, 6.07) is 14.0. The number of morpholine rings is 1. The van der Waals surface area contributed by atoms with Crippen LogP contribution in [0.3, 0.4) is 0 Å². The standard InChI is InChI=1S/C18H19BrN2O4S2/c19-14-1-5-16(6-2-14)26-13-18(22)20-15-3-7-17(8-4-15)27(23,24)21-9-11-25-12-10-21/h1-8H,9-13H2,(H,20,22). The third-order valence-electron chi connectivity index (χ3n) is 3.93. The summed E-state index contributed by atoms with van der Waals surface area (Å²) in [5.74, 6) is 0.127. The summed E-state index contributed by atoms with van der Waals surface area (Å²) >= 11 is 4.81. The number of amides is 1. The van der Waals surface area contributed by atoms with Crippen molar-refractivity contribution in [2.24, 2.45) is 0 Å². The molecule has 9 heteroatoms. The molecule has 0 aliphatic carbocycles. The van der Waals surface area contributed by atoms with Crippen molar-refractivity contribution in [3.63, 3.8) is 0 Å². The molecule has 1 aliphatic heterocycles. The quantitative estimate of drug-likeness (QED) is 0.655. The van der Waals surface area contributed by atoms with E-state index < -0.39 is 10.0 Å². The molecule has 3 rings (SSSR count). The number of halogens is 1. The average Bonchev–Trinajstić information content (AvgIpc) is 2.69. The summed E-state index contributed by atoms with van der Waals surface area (Å²) < 4.78 is 32.8. The second-order valence-electron chi connectivity index (χ2n) is 5.83. The maximum absolute atomic E-state index is 12.6. The van der Waals surface area contributed by atoms with Crippen LogP contribution in [-0.2, 0) is 19.6 Å². The Balaban J connectivity index is 1.56. The molecule has 0 spiro atoms. The average molecular weight is 471 g/mol. The number of carbonyl (C=O) groups is 1. The van der Waals surface area contributed by atoms with E-state index in [1.807, 2.05) is 24.3 Å². The minimum absolute atomic E-state index is 0.147. The van der Waals surface area contributed by atoms with Crippen LogP contribution >= 0.6 is 27.7 Å². The Morgan fingerprint density at radius 2 is 1.70 bits per heavy atom. The van der Waals surface area contributed by atoms with E-state index in [-0.39, 0.29) is 16.6 Å². The molecule has 0 bridgehead atoms. The van der Waals surface area contributed by atoms with Gasteiger partial charge >= 0.3 is 0 Å². The monoisotopic (exact) mass is 470 g/mol. The van der Waals surface area contributed by atoms with Gasteiger partial charge in [-0.05, 0) is 48.5 Å². The molecular weight excluding hydrogens is 452 g/mol. The second-order valence-corrected chi connectivity index (χ2v) is 9.73. The molecule has 27 heavy (non-hydrogen) atoms. The number of rotatable bonds is 6. The molecule has 1 amide bonds. The van der Waals surface area contributed by atoms with Crippen LogP contribution in [0.5, 0.6) is 0 Å². The van der Waals surface area contributed by atoms with Crippen molar-refractivity contribution in [2.45, 2.75) is 9.79 Å². The number of ether oxygens (including phenoxy) is 1. The molecule has 144 valence electrons. The fourth-order valence-corrected chi connectivity index (χ4v) is 4.89. The van der Waals surface area contributed by atoms with Crippen molar-refractivity contribution in [3.05, 3.63) is 53.0 Å². The number of sulfonamides is 1. The van der Waals surface area contributed by atoms with Gasteiger partial charge in [0.05, 0.1) is 23.9 Å². The van der Waals surface area contributed by atoms with Gasteiger partial charge in [-0.1, -0.05) is 15.9 Å². The first kappa shape index (κ1) is 20.3. The Labute approximate surface area is 171 Å². The summed E-state index contributed by atoms with van der Waals surface area (Å²) in [6.45, 7) is 1.52. The zero-order valence-electron chi connectivity index (χ0n) is 14.4. The van der Waals surface area contributed by atoms with Gasteiger partial charge in [-0.3, -0.25) is 4.79 Å². The lowest BCUT2D eigenvalue weighted by atomic mass is 10.3. The third-order valence-corrected chi connectivity index (χ3v) is 7.38. The van der Waals surface area contributed by atoms with Gasteiger partial charge < -0.3 is 10.1 Å². The molecule has 1 fully saturated rings. The predicted molar refractivity (Wildman–Crippen MR) is 110 cm³/mol. The largest absolute Gasteiger partial charge is 0.379 e. The highest BCUT2D eigenvalue weighted by atomic mass is 79.9. The highest BCUT2D eigenvalue weighted by Crippen LogP contribution is 2.22. The summed E-state index contributed by atoms with van der Waals surface area (Å²) in [6.07, 6.45) is 0. The van der Waals surface area contributed by atoms with Crippen molar-refractivity contribution in [2.75, 3.05) is 37.4 Å². The first-order valence-corrected chi connectivity index (χ1v) is 11.5. The van der Waals surface area contributed by atoms with Crippen LogP contribution in [0.1, 0.15) is 0 Å². The maximum atomic E-state index is 12.6. The van der Waals surface area contributed by atoms with Gasteiger partial charge in [0.1, 0.15) is 0 Å². The number of nitrogens with one attached hydrogen (secondary N) is 1. The number of thioether (sulfide) groups is 1. The number of hydrogen-bond acceptors (Lipinski definition) is 5. The van der Waals surface area contributed by atoms with Gasteiger partial charge in [-0.15, -0.1) is 11.8 Å². The van der Waals surface area contributed by atoms with E-state index in [0.717, 1.165) is 9.37 Å². The lowest BCUT2D eigenvalue weighted by Crippen LogP contribution is -2.40. The fraction of sp³-hybridized carbons (Fsp3) is 0.278. The van der Waals surface area contributed by atoms with Gasteiger partial charge in [0.15, 0.2) is 0 Å². The Bertz CT molecular complexity index is 881. The Morgan fingerprint density at radius 1 is 1.07 bits per heavy atom. The minimum Gasteiger partial charge on any atom is -0.379 e. The van der Waals surface area contributed by atoms with Gasteiger partial charge in [0.2, 0.25) is 15.9 Å². The van der Waals surface area contributed by atoms with Crippen molar-refractivity contribution in [1.29, 1.82) is 0 Å². The first-order valence-electron chi connectivity index (χ1n) is 8.31. The van der Waals surface area contributed by atoms with Crippen molar-refractivity contribution in [1.82, 2.24) is 4.31 Å². The topological polar surface area (TPSA) is 75.7 Å².